The molecule has 0 aliphatic rings. The van der Waals surface area contributed by atoms with Crippen molar-refractivity contribution >= 4 is 5.97 Å². The highest BCUT2D eigenvalue weighted by Crippen LogP contribution is 2.21. The van der Waals surface area contributed by atoms with Gasteiger partial charge in [0.15, 0.2) is 0 Å². The Bertz CT molecular complexity index is 869. The molecule has 0 radical (unpaired) electrons. The molecule has 3 aromatic rings. The summed E-state index contributed by atoms with van der Waals surface area (Å²) < 4.78 is 19.1. The van der Waals surface area contributed by atoms with Crippen LogP contribution in [0.25, 0.3) is 0 Å². The fourth-order valence-corrected chi connectivity index (χ4v) is 2.66. The van der Waals surface area contributed by atoms with E-state index in [2.05, 4.69) is 5.32 Å². The number of carbonyl (C=O) groups excluding carboxylic acids is 1. The molecule has 0 spiro atoms. The van der Waals surface area contributed by atoms with E-state index in [0.717, 1.165) is 16.9 Å². The standard InChI is InChI=1S/C23H23NO3/c1-26-23(25)22(16-18-8-4-2-5-9-18)24-17-19-12-14-21(15-13-19)27-20-10-6-3-7-11-20/h2-15,22,24H,16-17H2,1H3/t22-/m0/s1/i17D/t17?,22-. The summed E-state index contributed by atoms with van der Waals surface area (Å²) in [5, 5.41) is 3.05. The van der Waals surface area contributed by atoms with Crippen LogP contribution in [0.1, 0.15) is 12.5 Å². The molecule has 1 N–H and O–H groups in total. The number of benzene rings is 3. The molecule has 4 heteroatoms. The van der Waals surface area contributed by atoms with Crippen molar-refractivity contribution in [2.45, 2.75) is 19.0 Å². The number of ether oxygens (including phenoxy) is 2. The highest BCUT2D eigenvalue weighted by molar-refractivity contribution is 5.76. The van der Waals surface area contributed by atoms with Crippen molar-refractivity contribution in [3.05, 3.63) is 96.1 Å². The summed E-state index contributed by atoms with van der Waals surface area (Å²) >= 11 is 0. The van der Waals surface area contributed by atoms with E-state index < -0.39 is 12.6 Å². The van der Waals surface area contributed by atoms with Crippen molar-refractivity contribution in [1.82, 2.24) is 5.32 Å². The molecule has 0 aromatic heterocycles. The van der Waals surface area contributed by atoms with Gasteiger partial charge in [-0.15, -0.1) is 0 Å². The highest BCUT2D eigenvalue weighted by Gasteiger charge is 2.19. The van der Waals surface area contributed by atoms with Gasteiger partial charge in [0.1, 0.15) is 17.5 Å². The van der Waals surface area contributed by atoms with E-state index in [-0.39, 0.29) is 5.97 Å². The van der Waals surface area contributed by atoms with E-state index in [4.69, 9.17) is 10.8 Å². The molecular formula is C23H23NO3. The minimum atomic E-state index is -0.765. The predicted molar refractivity (Wildman–Crippen MR) is 106 cm³/mol. The predicted octanol–water partition coefficient (Wildman–Crippen LogP) is 4.35. The Hall–Kier alpha value is -3.11. The van der Waals surface area contributed by atoms with Gasteiger partial charge in [-0.3, -0.25) is 4.79 Å². The number of hydrogen-bond donors (Lipinski definition) is 1. The van der Waals surface area contributed by atoms with E-state index >= 15 is 0 Å². The van der Waals surface area contributed by atoms with Crippen LogP contribution < -0.4 is 10.1 Å². The van der Waals surface area contributed by atoms with Crippen LogP contribution in [0.2, 0.25) is 0 Å². The largest absolute Gasteiger partial charge is 0.468 e. The Morgan fingerprint density at radius 1 is 0.889 bits per heavy atom. The van der Waals surface area contributed by atoms with Gasteiger partial charge in [-0.05, 0) is 41.8 Å². The van der Waals surface area contributed by atoms with Crippen LogP contribution in [0.4, 0.5) is 0 Å². The molecule has 138 valence electrons. The van der Waals surface area contributed by atoms with Gasteiger partial charge < -0.3 is 14.8 Å². The molecule has 1 unspecified atom stereocenters. The second-order valence-corrected chi connectivity index (χ2v) is 6.06. The fourth-order valence-electron chi connectivity index (χ4n) is 2.66. The van der Waals surface area contributed by atoms with Crippen molar-refractivity contribution in [3.63, 3.8) is 0 Å². The molecule has 0 fully saturated rings. The zero-order valence-electron chi connectivity index (χ0n) is 16.2. The number of para-hydroxylation sites is 1. The van der Waals surface area contributed by atoms with Crippen LogP contribution in [-0.2, 0) is 22.5 Å². The first-order valence-corrected chi connectivity index (χ1v) is 8.78. The summed E-state index contributed by atoms with van der Waals surface area (Å²) in [4.78, 5) is 12.2. The Morgan fingerprint density at radius 3 is 2.11 bits per heavy atom. The topological polar surface area (TPSA) is 47.6 Å². The summed E-state index contributed by atoms with van der Waals surface area (Å²) in [5.41, 5.74) is 1.74. The van der Waals surface area contributed by atoms with Crippen molar-refractivity contribution in [2.75, 3.05) is 7.11 Å². The number of esters is 1. The quantitative estimate of drug-likeness (QED) is 0.605. The third kappa shape index (κ3) is 5.69. The molecule has 0 heterocycles. The van der Waals surface area contributed by atoms with Gasteiger partial charge in [0.05, 0.1) is 7.11 Å². The van der Waals surface area contributed by atoms with Gasteiger partial charge in [-0.1, -0.05) is 60.7 Å². The van der Waals surface area contributed by atoms with E-state index in [0.29, 0.717) is 12.2 Å². The number of carbonyl (C=O) groups is 1. The normalized spacial score (nSPS) is 13.3. The molecule has 2 atom stereocenters. The van der Waals surface area contributed by atoms with Crippen LogP contribution in [0.5, 0.6) is 11.5 Å². The second-order valence-electron chi connectivity index (χ2n) is 6.06. The van der Waals surface area contributed by atoms with Crippen molar-refractivity contribution < 1.29 is 15.6 Å². The molecule has 0 saturated heterocycles. The van der Waals surface area contributed by atoms with Crippen LogP contribution >= 0.6 is 0 Å². The SMILES string of the molecule is [2H]C(N[C@@H](Cc1ccccc1)C(=O)OC)c1ccc(Oc2ccccc2)cc1. The number of hydrogen-bond acceptors (Lipinski definition) is 4. The fraction of sp³-hybridized carbons (Fsp3) is 0.174. The first-order chi connectivity index (χ1) is 13.7. The number of rotatable bonds is 8. The van der Waals surface area contributed by atoms with E-state index in [9.17, 15) is 4.79 Å². The van der Waals surface area contributed by atoms with Gasteiger partial charge in [-0.2, -0.15) is 0 Å². The summed E-state index contributed by atoms with van der Waals surface area (Å²) in [7, 11) is 1.36. The third-order valence-corrected chi connectivity index (χ3v) is 4.08. The van der Waals surface area contributed by atoms with Gasteiger partial charge in [0, 0.05) is 7.89 Å². The zero-order chi connectivity index (χ0) is 19.8. The lowest BCUT2D eigenvalue weighted by Gasteiger charge is -2.17. The molecule has 27 heavy (non-hydrogen) atoms. The number of methoxy groups -OCH3 is 1. The lowest BCUT2D eigenvalue weighted by Crippen LogP contribution is -2.39. The first kappa shape index (κ1) is 17.3. The van der Waals surface area contributed by atoms with Gasteiger partial charge in [0.2, 0.25) is 0 Å². The molecule has 3 rings (SSSR count). The van der Waals surface area contributed by atoms with Gasteiger partial charge >= 0.3 is 5.97 Å². The Balaban J connectivity index is 1.65. The maximum Gasteiger partial charge on any atom is 0.323 e. The smallest absolute Gasteiger partial charge is 0.323 e. The second kappa shape index (κ2) is 9.55. The van der Waals surface area contributed by atoms with E-state index in [1.807, 2.05) is 84.9 Å². The van der Waals surface area contributed by atoms with Crippen molar-refractivity contribution in [1.29, 1.82) is 0 Å². The van der Waals surface area contributed by atoms with Crippen LogP contribution in [0.3, 0.4) is 0 Å². The van der Waals surface area contributed by atoms with Gasteiger partial charge in [0.25, 0.3) is 0 Å². The molecular weight excluding hydrogens is 338 g/mol. The Kier molecular flexibility index (Phi) is 6.12. The first-order valence-electron chi connectivity index (χ1n) is 9.36. The van der Waals surface area contributed by atoms with Crippen LogP contribution in [0.15, 0.2) is 84.9 Å². The Labute approximate surface area is 161 Å². The highest BCUT2D eigenvalue weighted by atomic mass is 16.5. The summed E-state index contributed by atoms with van der Waals surface area (Å²) in [6.45, 7) is -0.765. The minimum Gasteiger partial charge on any atom is -0.468 e. The van der Waals surface area contributed by atoms with Crippen LogP contribution in [0, 0.1) is 0 Å². The van der Waals surface area contributed by atoms with Crippen molar-refractivity contribution in [2.24, 2.45) is 0 Å². The lowest BCUT2D eigenvalue weighted by molar-refractivity contribution is -0.143. The average molecular weight is 362 g/mol. The minimum absolute atomic E-state index is 0.384. The monoisotopic (exact) mass is 362 g/mol. The van der Waals surface area contributed by atoms with Crippen molar-refractivity contribution in [3.8, 4) is 11.5 Å². The molecule has 0 saturated carbocycles. The molecule has 0 aliphatic carbocycles. The zero-order valence-corrected chi connectivity index (χ0v) is 15.2. The maximum atomic E-state index is 12.2. The maximum absolute atomic E-state index is 12.2. The molecule has 0 amide bonds. The summed E-state index contributed by atoms with van der Waals surface area (Å²) in [6, 6.07) is 25.9. The van der Waals surface area contributed by atoms with Crippen LogP contribution in [-0.4, -0.2) is 19.1 Å². The Morgan fingerprint density at radius 2 is 1.48 bits per heavy atom. The van der Waals surface area contributed by atoms with E-state index in [1.54, 1.807) is 0 Å². The van der Waals surface area contributed by atoms with Gasteiger partial charge in [-0.25, -0.2) is 0 Å². The lowest BCUT2D eigenvalue weighted by atomic mass is 10.1. The number of nitrogens with one attached hydrogen (secondary N) is 1. The van der Waals surface area contributed by atoms with E-state index in [1.165, 1.54) is 7.11 Å². The molecule has 3 aromatic carbocycles. The molecule has 0 aliphatic heterocycles. The molecule has 4 nitrogen and oxygen atoms in total. The molecule has 0 bridgehead atoms. The average Bonchev–Trinajstić information content (AvgIpc) is 2.74. The summed E-state index contributed by atoms with van der Waals surface area (Å²) in [6.07, 6.45) is 0.456. The summed E-state index contributed by atoms with van der Waals surface area (Å²) in [5.74, 6) is 1.06. The third-order valence-electron chi connectivity index (χ3n) is 4.08.